The van der Waals surface area contributed by atoms with Crippen molar-refractivity contribution >= 4 is 5.96 Å². The summed E-state index contributed by atoms with van der Waals surface area (Å²) >= 11 is 0. The van der Waals surface area contributed by atoms with Crippen molar-refractivity contribution in [3.63, 3.8) is 0 Å². The van der Waals surface area contributed by atoms with Crippen molar-refractivity contribution in [3.8, 4) is 5.69 Å². The van der Waals surface area contributed by atoms with Crippen LogP contribution in [0.4, 0.5) is 0 Å². The third-order valence-corrected chi connectivity index (χ3v) is 5.27. The van der Waals surface area contributed by atoms with E-state index in [-0.39, 0.29) is 0 Å². The number of hydrogen-bond donors (Lipinski definition) is 2. The number of rotatable bonds is 7. The van der Waals surface area contributed by atoms with Crippen LogP contribution in [0.3, 0.4) is 0 Å². The molecule has 1 atom stereocenters. The summed E-state index contributed by atoms with van der Waals surface area (Å²) in [6, 6.07) is 11.1. The average Bonchev–Trinajstić information content (AvgIpc) is 3.26. The fourth-order valence-electron chi connectivity index (χ4n) is 3.77. The summed E-state index contributed by atoms with van der Waals surface area (Å²) in [5.74, 6) is 0.851. The lowest BCUT2D eigenvalue weighted by Gasteiger charge is -2.35. The molecule has 0 radical (unpaired) electrons. The Balaban J connectivity index is 1.46. The maximum Gasteiger partial charge on any atom is 0.191 e. The first kappa shape index (κ1) is 19.4. The molecule has 1 fully saturated rings. The van der Waals surface area contributed by atoms with Gasteiger partial charge in [0.2, 0.25) is 0 Å². The molecule has 0 amide bonds. The molecule has 2 N–H and O–H groups in total. The van der Waals surface area contributed by atoms with Crippen molar-refractivity contribution in [2.75, 3.05) is 26.7 Å². The Labute approximate surface area is 162 Å². The zero-order valence-electron chi connectivity index (χ0n) is 16.6. The van der Waals surface area contributed by atoms with Gasteiger partial charge in [-0.1, -0.05) is 25.5 Å². The number of nitrogens with zero attached hydrogens (tertiary/aromatic N) is 4. The monoisotopic (exact) mass is 368 g/mol. The number of aromatic nitrogens is 2. The quantitative estimate of drug-likeness (QED) is 0.583. The normalized spacial score (nSPS) is 18.4. The van der Waals surface area contributed by atoms with Gasteiger partial charge < -0.3 is 10.6 Å². The Bertz CT molecular complexity index is 709. The molecule has 6 heteroatoms. The molecular weight excluding hydrogens is 336 g/mol. The molecule has 2 aromatic rings. The third-order valence-electron chi connectivity index (χ3n) is 5.27. The van der Waals surface area contributed by atoms with Gasteiger partial charge in [0.1, 0.15) is 0 Å². The fourth-order valence-corrected chi connectivity index (χ4v) is 3.77. The van der Waals surface area contributed by atoms with E-state index in [1.807, 2.05) is 24.0 Å². The summed E-state index contributed by atoms with van der Waals surface area (Å²) in [6.07, 6.45) is 9.05. The molecule has 1 aromatic carbocycles. The van der Waals surface area contributed by atoms with E-state index in [9.17, 15) is 0 Å². The first-order valence-corrected chi connectivity index (χ1v) is 10.1. The van der Waals surface area contributed by atoms with Crippen molar-refractivity contribution in [2.24, 2.45) is 4.99 Å². The maximum atomic E-state index is 4.36. The molecule has 1 saturated heterocycles. The second-order valence-corrected chi connectivity index (χ2v) is 7.07. The number of piperidine rings is 1. The van der Waals surface area contributed by atoms with Crippen LogP contribution in [-0.2, 0) is 6.54 Å². The smallest absolute Gasteiger partial charge is 0.191 e. The number of nitrogens with one attached hydrogen (secondary N) is 2. The summed E-state index contributed by atoms with van der Waals surface area (Å²) in [7, 11) is 1.82. The van der Waals surface area contributed by atoms with E-state index >= 15 is 0 Å². The number of hydrogen-bond acceptors (Lipinski definition) is 3. The highest BCUT2D eigenvalue weighted by molar-refractivity contribution is 5.79. The van der Waals surface area contributed by atoms with E-state index in [2.05, 4.69) is 56.8 Å². The van der Waals surface area contributed by atoms with Crippen LogP contribution in [0.5, 0.6) is 0 Å². The van der Waals surface area contributed by atoms with Gasteiger partial charge in [-0.25, -0.2) is 4.68 Å². The minimum atomic E-state index is 0.732. The van der Waals surface area contributed by atoms with Gasteiger partial charge in [0.05, 0.1) is 5.69 Å². The third kappa shape index (κ3) is 5.57. The van der Waals surface area contributed by atoms with Crippen LogP contribution in [-0.4, -0.2) is 53.4 Å². The predicted molar refractivity (Wildman–Crippen MR) is 111 cm³/mol. The van der Waals surface area contributed by atoms with Gasteiger partial charge in [0.15, 0.2) is 5.96 Å². The van der Waals surface area contributed by atoms with E-state index < -0.39 is 0 Å². The fraction of sp³-hybridized carbons (Fsp3) is 0.524. The Morgan fingerprint density at radius 3 is 2.96 bits per heavy atom. The Hall–Kier alpha value is -2.34. The van der Waals surface area contributed by atoms with Gasteiger partial charge in [-0.15, -0.1) is 0 Å². The van der Waals surface area contributed by atoms with Crippen molar-refractivity contribution in [2.45, 2.75) is 45.2 Å². The molecule has 0 spiro atoms. The van der Waals surface area contributed by atoms with Gasteiger partial charge in [-0.3, -0.25) is 9.89 Å². The van der Waals surface area contributed by atoms with Crippen molar-refractivity contribution in [1.29, 1.82) is 0 Å². The van der Waals surface area contributed by atoms with Gasteiger partial charge in [-0.05, 0) is 49.6 Å². The summed E-state index contributed by atoms with van der Waals surface area (Å²) in [5, 5.41) is 11.2. The van der Waals surface area contributed by atoms with E-state index in [0.717, 1.165) is 37.3 Å². The Morgan fingerprint density at radius 2 is 2.19 bits per heavy atom. The minimum Gasteiger partial charge on any atom is -0.355 e. The van der Waals surface area contributed by atoms with E-state index in [0.29, 0.717) is 0 Å². The average molecular weight is 369 g/mol. The van der Waals surface area contributed by atoms with Crippen LogP contribution >= 0.6 is 0 Å². The molecule has 146 valence electrons. The van der Waals surface area contributed by atoms with E-state index in [1.54, 1.807) is 6.20 Å². The molecule has 0 saturated carbocycles. The van der Waals surface area contributed by atoms with Crippen LogP contribution in [0.1, 0.15) is 38.2 Å². The maximum absolute atomic E-state index is 4.36. The first-order chi connectivity index (χ1) is 13.3. The standard InChI is InChI=1S/C21H32N6/c1-3-19-9-4-5-13-26(19)15-12-23-21(22-2)24-17-18-8-6-10-20(16-18)27-14-7-11-25-27/h6-8,10-11,14,16,19H,3-5,9,12-13,15,17H2,1-2H3,(H2,22,23,24). The van der Waals surface area contributed by atoms with Crippen LogP contribution in [0.15, 0.2) is 47.7 Å². The highest BCUT2D eigenvalue weighted by atomic mass is 15.3. The second kappa shape index (κ2) is 10.1. The largest absolute Gasteiger partial charge is 0.355 e. The number of guanidine groups is 1. The predicted octanol–water partition coefficient (Wildman–Crippen LogP) is 2.80. The topological polar surface area (TPSA) is 57.5 Å². The Morgan fingerprint density at radius 1 is 1.26 bits per heavy atom. The molecule has 3 rings (SSSR count). The molecule has 0 bridgehead atoms. The SMILES string of the molecule is CCC1CCCCN1CCNC(=NC)NCc1cccc(-n2cccn2)c1. The summed E-state index contributed by atoms with van der Waals surface area (Å²) in [4.78, 5) is 6.98. The zero-order chi connectivity index (χ0) is 18.9. The lowest BCUT2D eigenvalue weighted by molar-refractivity contribution is 0.147. The number of aliphatic imine (C=N–C) groups is 1. The van der Waals surface area contributed by atoms with Gasteiger partial charge in [-0.2, -0.15) is 5.10 Å². The lowest BCUT2D eigenvalue weighted by Crippen LogP contribution is -2.45. The molecule has 2 heterocycles. The first-order valence-electron chi connectivity index (χ1n) is 10.1. The van der Waals surface area contributed by atoms with Gasteiger partial charge >= 0.3 is 0 Å². The highest BCUT2D eigenvalue weighted by Crippen LogP contribution is 2.18. The number of benzene rings is 1. The van der Waals surface area contributed by atoms with Crippen LogP contribution in [0.2, 0.25) is 0 Å². The highest BCUT2D eigenvalue weighted by Gasteiger charge is 2.19. The van der Waals surface area contributed by atoms with Crippen LogP contribution < -0.4 is 10.6 Å². The van der Waals surface area contributed by atoms with Gasteiger partial charge in [0.25, 0.3) is 0 Å². The molecule has 1 aliphatic heterocycles. The summed E-state index contributed by atoms with van der Waals surface area (Å²) in [6.45, 7) is 6.26. The van der Waals surface area contributed by atoms with Crippen LogP contribution in [0, 0.1) is 0 Å². The number of likely N-dealkylation sites (tertiary alicyclic amines) is 1. The van der Waals surface area contributed by atoms with Crippen molar-refractivity contribution in [1.82, 2.24) is 25.3 Å². The minimum absolute atomic E-state index is 0.732. The molecule has 1 aromatic heterocycles. The molecular formula is C21H32N6. The molecule has 6 nitrogen and oxygen atoms in total. The molecule has 27 heavy (non-hydrogen) atoms. The van der Waals surface area contributed by atoms with Gasteiger partial charge in [0, 0.05) is 45.1 Å². The molecule has 0 aliphatic carbocycles. The Kier molecular flexibility index (Phi) is 7.27. The second-order valence-electron chi connectivity index (χ2n) is 7.07. The zero-order valence-corrected chi connectivity index (χ0v) is 16.6. The molecule has 1 aliphatic rings. The summed E-state index contributed by atoms with van der Waals surface area (Å²) < 4.78 is 1.87. The van der Waals surface area contributed by atoms with Crippen molar-refractivity contribution < 1.29 is 0 Å². The van der Waals surface area contributed by atoms with Crippen LogP contribution in [0.25, 0.3) is 5.69 Å². The molecule has 1 unspecified atom stereocenters. The lowest BCUT2D eigenvalue weighted by atomic mass is 10.0. The van der Waals surface area contributed by atoms with E-state index in [1.165, 1.54) is 37.8 Å². The van der Waals surface area contributed by atoms with E-state index in [4.69, 9.17) is 0 Å². The summed E-state index contributed by atoms with van der Waals surface area (Å²) in [5.41, 5.74) is 2.27. The van der Waals surface area contributed by atoms with Crippen molar-refractivity contribution in [3.05, 3.63) is 48.3 Å².